The van der Waals surface area contributed by atoms with Crippen LogP contribution in [0.4, 0.5) is 9.80 Å². The van der Waals surface area contributed by atoms with Crippen LogP contribution >= 0.6 is 11.3 Å². The van der Waals surface area contributed by atoms with Crippen molar-refractivity contribution in [2.24, 2.45) is 11.8 Å². The summed E-state index contributed by atoms with van der Waals surface area (Å²) >= 11 is 1.51. The topological polar surface area (TPSA) is 52.7 Å². The molecule has 0 bridgehead atoms. The number of nitrogens with one attached hydrogen (secondary N) is 1. The zero-order chi connectivity index (χ0) is 20.1. The van der Waals surface area contributed by atoms with Gasteiger partial charge in [0, 0.05) is 26.2 Å². The Labute approximate surface area is 176 Å². The van der Waals surface area contributed by atoms with Crippen molar-refractivity contribution >= 4 is 28.3 Å². The van der Waals surface area contributed by atoms with Gasteiger partial charge in [0.1, 0.15) is 0 Å². The lowest BCUT2D eigenvalue weighted by Crippen LogP contribution is -2.49. The predicted octanol–water partition coefficient (Wildman–Crippen LogP) is 4.47. The van der Waals surface area contributed by atoms with Crippen LogP contribution < -0.4 is 5.32 Å². The second-order valence-corrected chi connectivity index (χ2v) is 9.10. The number of hydrogen-bond donors (Lipinski definition) is 1. The quantitative estimate of drug-likeness (QED) is 0.807. The van der Waals surface area contributed by atoms with Gasteiger partial charge >= 0.3 is 6.03 Å². The van der Waals surface area contributed by atoms with Crippen molar-refractivity contribution in [1.29, 1.82) is 0 Å². The van der Waals surface area contributed by atoms with Crippen LogP contribution in [0, 0.1) is 11.8 Å². The number of benzene rings is 1. The largest absolute Gasteiger partial charge is 0.342 e. The average Bonchev–Trinajstić information content (AvgIpc) is 3.28. The summed E-state index contributed by atoms with van der Waals surface area (Å²) in [7, 11) is 0. The zero-order valence-corrected chi connectivity index (χ0v) is 17.6. The van der Waals surface area contributed by atoms with Gasteiger partial charge in [-0.2, -0.15) is 0 Å². The Morgan fingerprint density at radius 2 is 1.76 bits per heavy atom. The molecule has 3 heterocycles. The molecule has 0 aliphatic carbocycles. The molecular weight excluding hydrogens is 382 g/mol. The van der Waals surface area contributed by atoms with Crippen molar-refractivity contribution < 1.29 is 9.59 Å². The first-order valence-electron chi connectivity index (χ1n) is 10.6. The number of carbonyl (C=O) groups excluding carboxylic acids is 2. The molecule has 1 aromatic heterocycles. The predicted molar refractivity (Wildman–Crippen MR) is 117 cm³/mol. The second-order valence-electron chi connectivity index (χ2n) is 8.15. The molecule has 2 aromatic rings. The normalized spacial score (nSPS) is 20.5. The maximum absolute atomic E-state index is 13.1. The van der Waals surface area contributed by atoms with E-state index in [9.17, 15) is 9.59 Å². The Bertz CT molecular complexity index is 801. The molecule has 29 heavy (non-hydrogen) atoms. The van der Waals surface area contributed by atoms with E-state index < -0.39 is 0 Å². The molecule has 2 aliphatic heterocycles. The molecule has 2 saturated heterocycles. The number of rotatable bonds is 4. The minimum atomic E-state index is -0.0912. The van der Waals surface area contributed by atoms with Gasteiger partial charge in [-0.05, 0) is 61.1 Å². The molecule has 154 valence electrons. The smallest absolute Gasteiger partial charge is 0.322 e. The van der Waals surface area contributed by atoms with Crippen LogP contribution in [-0.4, -0.2) is 47.9 Å². The summed E-state index contributed by atoms with van der Waals surface area (Å²) in [6, 6.07) is 14.4. The number of piperidine rings is 2. The average molecular weight is 412 g/mol. The van der Waals surface area contributed by atoms with Gasteiger partial charge in [0.25, 0.3) is 0 Å². The Balaban J connectivity index is 1.26. The highest BCUT2D eigenvalue weighted by molar-refractivity contribution is 7.14. The van der Waals surface area contributed by atoms with Gasteiger partial charge in [-0.25, -0.2) is 4.79 Å². The van der Waals surface area contributed by atoms with E-state index in [4.69, 9.17) is 0 Å². The standard InChI is InChI=1S/C23H29N3O2S/c27-22(25-13-10-19(11-14-25)16-18-6-2-1-3-7-18)20-8-4-12-26(17-20)23(28)24-21-9-5-15-29-21/h1-3,5-7,9,15,19-20H,4,8,10-14,16-17H2,(H,24,28). The van der Waals surface area contributed by atoms with Crippen LogP contribution in [0.25, 0.3) is 0 Å². The maximum Gasteiger partial charge on any atom is 0.322 e. The van der Waals surface area contributed by atoms with E-state index in [1.54, 1.807) is 4.90 Å². The Kier molecular flexibility index (Phi) is 6.49. The second kappa shape index (κ2) is 9.44. The van der Waals surface area contributed by atoms with Gasteiger partial charge in [-0.15, -0.1) is 11.3 Å². The lowest BCUT2D eigenvalue weighted by molar-refractivity contribution is -0.138. The highest BCUT2D eigenvalue weighted by Gasteiger charge is 2.33. The fraction of sp³-hybridized carbons (Fsp3) is 0.478. The first-order chi connectivity index (χ1) is 14.2. The molecule has 1 unspecified atom stereocenters. The van der Waals surface area contributed by atoms with E-state index in [2.05, 4.69) is 35.6 Å². The van der Waals surface area contributed by atoms with Gasteiger partial charge in [-0.3, -0.25) is 10.1 Å². The van der Waals surface area contributed by atoms with Crippen molar-refractivity contribution in [3.63, 3.8) is 0 Å². The minimum absolute atomic E-state index is 0.0662. The highest BCUT2D eigenvalue weighted by atomic mass is 32.1. The first kappa shape index (κ1) is 20.0. The molecular formula is C23H29N3O2S. The molecule has 2 aliphatic rings. The van der Waals surface area contributed by atoms with E-state index in [0.717, 1.165) is 56.7 Å². The Morgan fingerprint density at radius 1 is 0.966 bits per heavy atom. The zero-order valence-electron chi connectivity index (χ0n) is 16.8. The summed E-state index contributed by atoms with van der Waals surface area (Å²) in [4.78, 5) is 29.4. The van der Waals surface area contributed by atoms with E-state index in [0.29, 0.717) is 12.5 Å². The highest BCUT2D eigenvalue weighted by Crippen LogP contribution is 2.26. The summed E-state index contributed by atoms with van der Waals surface area (Å²) < 4.78 is 0. The number of anilines is 1. The maximum atomic E-state index is 13.1. The third kappa shape index (κ3) is 5.18. The molecule has 0 spiro atoms. The van der Waals surface area contributed by atoms with Gasteiger partial charge in [0.15, 0.2) is 0 Å². The van der Waals surface area contributed by atoms with E-state index in [1.165, 1.54) is 16.9 Å². The van der Waals surface area contributed by atoms with Crippen molar-refractivity contribution in [2.75, 3.05) is 31.5 Å². The lowest BCUT2D eigenvalue weighted by Gasteiger charge is -2.37. The van der Waals surface area contributed by atoms with Crippen LogP contribution in [0.3, 0.4) is 0 Å². The summed E-state index contributed by atoms with van der Waals surface area (Å²) in [5, 5.41) is 5.74. The number of likely N-dealkylation sites (tertiary alicyclic amines) is 2. The van der Waals surface area contributed by atoms with Crippen LogP contribution in [0.15, 0.2) is 47.8 Å². The van der Waals surface area contributed by atoms with Crippen LogP contribution in [0.1, 0.15) is 31.2 Å². The van der Waals surface area contributed by atoms with E-state index in [-0.39, 0.29) is 17.9 Å². The molecule has 3 amide bonds. The Hall–Kier alpha value is -2.34. The third-order valence-electron chi connectivity index (χ3n) is 6.10. The fourth-order valence-electron chi connectivity index (χ4n) is 4.46. The van der Waals surface area contributed by atoms with Crippen LogP contribution in [0.5, 0.6) is 0 Å². The number of amides is 3. The van der Waals surface area contributed by atoms with E-state index >= 15 is 0 Å². The van der Waals surface area contributed by atoms with Crippen molar-refractivity contribution in [3.8, 4) is 0 Å². The number of thiophene rings is 1. The van der Waals surface area contributed by atoms with Gasteiger partial charge in [0.05, 0.1) is 10.9 Å². The SMILES string of the molecule is O=C(Nc1cccs1)N1CCCC(C(=O)N2CCC(Cc3ccccc3)CC2)C1. The number of urea groups is 1. The van der Waals surface area contributed by atoms with E-state index in [1.807, 2.05) is 22.4 Å². The monoisotopic (exact) mass is 411 g/mol. The van der Waals surface area contributed by atoms with Crippen molar-refractivity contribution in [3.05, 3.63) is 53.4 Å². The molecule has 1 aromatic carbocycles. The van der Waals surface area contributed by atoms with Crippen molar-refractivity contribution in [2.45, 2.75) is 32.1 Å². The van der Waals surface area contributed by atoms with Crippen LogP contribution in [0.2, 0.25) is 0 Å². The first-order valence-corrected chi connectivity index (χ1v) is 11.5. The fourth-order valence-corrected chi connectivity index (χ4v) is 5.07. The van der Waals surface area contributed by atoms with Crippen LogP contribution in [-0.2, 0) is 11.2 Å². The Morgan fingerprint density at radius 3 is 2.48 bits per heavy atom. The summed E-state index contributed by atoms with van der Waals surface area (Å²) in [6.07, 6.45) is 5.00. The van der Waals surface area contributed by atoms with Crippen molar-refractivity contribution in [1.82, 2.24) is 9.80 Å². The molecule has 5 nitrogen and oxygen atoms in total. The van der Waals surface area contributed by atoms with Gasteiger partial charge < -0.3 is 9.80 Å². The lowest BCUT2D eigenvalue weighted by atomic mass is 9.89. The van der Waals surface area contributed by atoms with Gasteiger partial charge in [-0.1, -0.05) is 30.3 Å². The summed E-state index contributed by atoms with van der Waals surface area (Å²) in [6.45, 7) is 2.93. The molecule has 1 atom stereocenters. The van der Waals surface area contributed by atoms with Gasteiger partial charge in [0.2, 0.25) is 5.91 Å². The molecule has 4 rings (SSSR count). The molecule has 2 fully saturated rings. The molecule has 6 heteroatoms. The number of nitrogens with zero attached hydrogens (tertiary/aromatic N) is 2. The number of hydrogen-bond acceptors (Lipinski definition) is 3. The minimum Gasteiger partial charge on any atom is -0.342 e. The molecule has 0 radical (unpaired) electrons. The summed E-state index contributed by atoms with van der Waals surface area (Å²) in [5.74, 6) is 0.821. The third-order valence-corrected chi connectivity index (χ3v) is 6.89. The molecule has 1 N–H and O–H groups in total. The summed E-state index contributed by atoms with van der Waals surface area (Å²) in [5.41, 5.74) is 1.39. The molecule has 0 saturated carbocycles. The number of carbonyl (C=O) groups is 2.